The molecule has 3 saturated heterocycles. The largest absolute Gasteiger partial charge is 0.463 e. The third-order valence-corrected chi connectivity index (χ3v) is 11.3. The smallest absolute Gasteiger partial charge is 0.306 e. The van der Waals surface area contributed by atoms with Gasteiger partial charge in [0.1, 0.15) is 18.2 Å². The van der Waals surface area contributed by atoms with Crippen LogP contribution in [0.2, 0.25) is 0 Å². The lowest BCUT2D eigenvalue weighted by Gasteiger charge is -2.41. The third kappa shape index (κ3) is 7.31. The molecule has 3 aliphatic rings. The number of carbonyl (C=O) groups excluding carboxylic acids is 4. The highest BCUT2D eigenvalue weighted by atomic mass is 79.9. The number of esters is 1. The molecule has 3 fully saturated rings. The van der Waals surface area contributed by atoms with Gasteiger partial charge in [-0.15, -0.1) is 13.2 Å². The minimum Gasteiger partial charge on any atom is -0.463 e. The number of aliphatic hydroxyl groups is 1. The van der Waals surface area contributed by atoms with Crippen LogP contribution in [0.5, 0.6) is 0 Å². The Hall–Kier alpha value is -3.80. The number of nitrogens with zero attached hydrogens (tertiary/aromatic N) is 2. The van der Waals surface area contributed by atoms with Gasteiger partial charge in [-0.05, 0) is 29.9 Å². The number of fused-ring (bicyclic) bond motifs is 1. The lowest BCUT2D eigenvalue weighted by molar-refractivity contribution is -0.153. The van der Waals surface area contributed by atoms with Gasteiger partial charge in [0.25, 0.3) is 0 Å². The molecule has 10 nitrogen and oxygen atoms in total. The number of hydrogen-bond donors (Lipinski definition) is 2. The highest BCUT2D eigenvalue weighted by Crippen LogP contribution is 2.61. The number of likely N-dealkylation sites (tertiary alicyclic amines) is 1. The lowest BCUT2D eigenvalue weighted by atomic mass is 9.70. The number of rotatable bonds is 17. The molecule has 3 amide bonds. The Morgan fingerprint density at radius 2 is 1.82 bits per heavy atom. The number of halogens is 1. The molecular weight excluding hydrogens is 702 g/mol. The molecule has 3 aliphatic heterocycles. The first kappa shape index (κ1) is 37.5. The molecule has 2 bridgehead atoms. The number of alkyl halides is 1. The summed E-state index contributed by atoms with van der Waals surface area (Å²) < 4.78 is 12.3. The molecule has 1 spiro atoms. The Kier molecular flexibility index (Phi) is 12.3. The van der Waals surface area contributed by atoms with Crippen molar-refractivity contribution in [2.45, 2.75) is 80.7 Å². The van der Waals surface area contributed by atoms with Gasteiger partial charge < -0.3 is 29.7 Å². The number of carbonyl (C=O) groups is 4. The first-order valence-corrected chi connectivity index (χ1v) is 18.3. The Balaban J connectivity index is 1.51. The molecule has 2 aromatic rings. The maximum atomic E-state index is 14.9. The molecule has 0 aliphatic carbocycles. The van der Waals surface area contributed by atoms with Crippen LogP contribution in [-0.4, -0.2) is 87.0 Å². The Morgan fingerprint density at radius 1 is 1.14 bits per heavy atom. The van der Waals surface area contributed by atoms with E-state index in [2.05, 4.69) is 34.4 Å². The van der Waals surface area contributed by atoms with E-state index in [1.165, 1.54) is 4.90 Å². The zero-order chi connectivity index (χ0) is 36.0. The predicted octanol–water partition coefficient (Wildman–Crippen LogP) is 4.72. The Bertz CT molecular complexity index is 1540. The summed E-state index contributed by atoms with van der Waals surface area (Å²) in [5.41, 5.74) is 0.334. The van der Waals surface area contributed by atoms with Crippen molar-refractivity contribution in [1.29, 1.82) is 0 Å². The number of benzene rings is 2. The van der Waals surface area contributed by atoms with Gasteiger partial charge in [-0.2, -0.15) is 0 Å². The van der Waals surface area contributed by atoms with Gasteiger partial charge in [0, 0.05) is 24.3 Å². The van der Waals surface area contributed by atoms with Crippen LogP contribution >= 0.6 is 15.9 Å². The molecule has 50 heavy (non-hydrogen) atoms. The first-order valence-electron chi connectivity index (χ1n) is 17.4. The molecular formula is C39H48BrN3O7. The number of allylic oxidation sites excluding steroid dienone is 1. The fourth-order valence-electron chi connectivity index (χ4n) is 7.83. The standard InChI is InChI=1S/C39H48BrN3O7/c1-5-8-19-31(45)49-24-29(27-17-13-10-14-18-27)41-36(46)32-33-37(47)43(30(23-44)25(4)7-3)35(39(33)21-28(40)34(32)50-39)38(48)42(20-6-2)22-26-15-11-9-12-16-26/h5-6,9-18,25,28-30,32-35,44H,1-2,7-8,19-24H2,3-4H3,(H,41,46)/t25-,28?,29+,30-,32-,33+,34-,35-,39+/m0/s1. The van der Waals surface area contributed by atoms with Crippen LogP contribution in [0, 0.1) is 17.8 Å². The van der Waals surface area contributed by atoms with Crippen LogP contribution in [-0.2, 0) is 35.2 Å². The van der Waals surface area contributed by atoms with E-state index in [9.17, 15) is 24.3 Å². The van der Waals surface area contributed by atoms with Gasteiger partial charge in [-0.3, -0.25) is 19.2 Å². The van der Waals surface area contributed by atoms with Crippen molar-refractivity contribution in [2.75, 3.05) is 19.8 Å². The minimum absolute atomic E-state index is 0.102. The number of hydrogen-bond acceptors (Lipinski definition) is 7. The highest BCUT2D eigenvalue weighted by molar-refractivity contribution is 9.09. The molecule has 3 heterocycles. The van der Waals surface area contributed by atoms with Crippen molar-refractivity contribution < 1.29 is 33.8 Å². The molecule has 1 unspecified atom stereocenters. The van der Waals surface area contributed by atoms with Crippen molar-refractivity contribution in [2.24, 2.45) is 17.8 Å². The van der Waals surface area contributed by atoms with Crippen molar-refractivity contribution in [1.82, 2.24) is 15.1 Å². The van der Waals surface area contributed by atoms with Crippen molar-refractivity contribution >= 4 is 39.6 Å². The predicted molar refractivity (Wildman–Crippen MR) is 193 cm³/mol. The summed E-state index contributed by atoms with van der Waals surface area (Å²) >= 11 is 3.75. The summed E-state index contributed by atoms with van der Waals surface area (Å²) in [6.07, 6.45) is 4.23. The third-order valence-electron chi connectivity index (χ3n) is 10.5. The van der Waals surface area contributed by atoms with Crippen LogP contribution < -0.4 is 5.32 Å². The molecule has 2 aromatic carbocycles. The second-order valence-electron chi connectivity index (χ2n) is 13.5. The fourth-order valence-corrected chi connectivity index (χ4v) is 8.77. The van der Waals surface area contributed by atoms with Crippen LogP contribution in [0.3, 0.4) is 0 Å². The molecule has 0 aromatic heterocycles. The average Bonchev–Trinajstić information content (AvgIpc) is 3.72. The van der Waals surface area contributed by atoms with E-state index in [0.717, 1.165) is 11.1 Å². The van der Waals surface area contributed by atoms with Crippen LogP contribution in [0.15, 0.2) is 86.0 Å². The normalized spacial score (nSPS) is 26.8. The van der Waals surface area contributed by atoms with E-state index < -0.39 is 53.5 Å². The van der Waals surface area contributed by atoms with Crippen molar-refractivity contribution in [3.05, 3.63) is 97.1 Å². The van der Waals surface area contributed by atoms with Crippen LogP contribution in [0.25, 0.3) is 0 Å². The zero-order valence-corrected chi connectivity index (χ0v) is 30.4. The van der Waals surface area contributed by atoms with Gasteiger partial charge in [0.15, 0.2) is 0 Å². The monoisotopic (exact) mass is 749 g/mol. The van der Waals surface area contributed by atoms with Gasteiger partial charge in [0.2, 0.25) is 17.7 Å². The van der Waals surface area contributed by atoms with Crippen molar-refractivity contribution in [3.63, 3.8) is 0 Å². The molecule has 2 N–H and O–H groups in total. The van der Waals surface area contributed by atoms with Crippen LogP contribution in [0.4, 0.5) is 0 Å². The average molecular weight is 751 g/mol. The van der Waals surface area contributed by atoms with E-state index in [1.54, 1.807) is 17.1 Å². The number of ether oxygens (including phenoxy) is 2. The number of aliphatic hydroxyl groups excluding tert-OH is 1. The van der Waals surface area contributed by atoms with E-state index in [4.69, 9.17) is 9.47 Å². The summed E-state index contributed by atoms with van der Waals surface area (Å²) in [4.78, 5) is 59.4. The molecule has 9 atom stereocenters. The van der Waals surface area contributed by atoms with Gasteiger partial charge in [0.05, 0.1) is 36.6 Å². The van der Waals surface area contributed by atoms with Gasteiger partial charge in [-0.25, -0.2) is 0 Å². The van der Waals surface area contributed by atoms with E-state index in [0.29, 0.717) is 19.3 Å². The highest BCUT2D eigenvalue weighted by Gasteiger charge is 2.77. The lowest BCUT2D eigenvalue weighted by Crippen LogP contribution is -2.59. The summed E-state index contributed by atoms with van der Waals surface area (Å²) in [6, 6.07) is 16.3. The quantitative estimate of drug-likeness (QED) is 0.136. The second-order valence-corrected chi connectivity index (χ2v) is 14.7. The number of amides is 3. The van der Waals surface area contributed by atoms with Crippen molar-refractivity contribution in [3.8, 4) is 0 Å². The summed E-state index contributed by atoms with van der Waals surface area (Å²) in [7, 11) is 0. The second kappa shape index (κ2) is 16.5. The minimum atomic E-state index is -1.31. The van der Waals surface area contributed by atoms with Crippen LogP contribution in [0.1, 0.15) is 56.7 Å². The summed E-state index contributed by atoms with van der Waals surface area (Å²) in [5.74, 6) is -3.59. The first-order chi connectivity index (χ1) is 24.1. The molecule has 0 radical (unpaired) electrons. The van der Waals surface area contributed by atoms with Gasteiger partial charge in [-0.1, -0.05) is 109 Å². The van der Waals surface area contributed by atoms with E-state index >= 15 is 0 Å². The SMILES string of the molecule is C=CCCC(=O)OC[C@@H](NC(=O)[C@@H]1[C@H]2O[C@@]3(CC2Br)[C@H](C(=O)N(CC=C)Cc2ccccc2)N([C@@H](CO)[C@@H](C)CC)C(=O)[C@@H]13)c1ccccc1. The summed E-state index contributed by atoms with van der Waals surface area (Å²) in [6.45, 7) is 11.5. The number of nitrogens with one attached hydrogen (secondary N) is 1. The van der Waals surface area contributed by atoms with E-state index in [-0.39, 0.29) is 55.3 Å². The molecule has 5 rings (SSSR count). The van der Waals surface area contributed by atoms with Gasteiger partial charge >= 0.3 is 5.97 Å². The summed E-state index contributed by atoms with van der Waals surface area (Å²) in [5, 5.41) is 13.8. The molecule has 0 saturated carbocycles. The maximum Gasteiger partial charge on any atom is 0.306 e. The topological polar surface area (TPSA) is 125 Å². The Morgan fingerprint density at radius 3 is 2.44 bits per heavy atom. The molecule has 11 heteroatoms. The Labute approximate surface area is 303 Å². The maximum absolute atomic E-state index is 14.9. The molecule has 268 valence electrons. The van der Waals surface area contributed by atoms with E-state index in [1.807, 2.05) is 74.5 Å². The fraction of sp³-hybridized carbons (Fsp3) is 0.487. The zero-order valence-electron chi connectivity index (χ0n) is 28.8.